The predicted molar refractivity (Wildman–Crippen MR) is 103 cm³/mol. The molecule has 6 nitrogen and oxygen atoms in total. The summed E-state index contributed by atoms with van der Waals surface area (Å²) in [6, 6.07) is 8.48. The quantitative estimate of drug-likeness (QED) is 0.552. The van der Waals surface area contributed by atoms with Crippen LogP contribution in [0.5, 0.6) is 0 Å². The van der Waals surface area contributed by atoms with Crippen molar-refractivity contribution in [3.8, 4) is 0 Å². The van der Waals surface area contributed by atoms with Crippen LogP contribution in [0.4, 0.5) is 4.79 Å². The minimum absolute atomic E-state index is 0.129. The van der Waals surface area contributed by atoms with E-state index in [9.17, 15) is 14.4 Å². The summed E-state index contributed by atoms with van der Waals surface area (Å²) < 4.78 is 10.3. The molecule has 0 spiro atoms. The van der Waals surface area contributed by atoms with Crippen molar-refractivity contribution in [2.45, 2.75) is 59.3 Å². The molecule has 0 unspecified atom stereocenters. The number of amides is 1. The molecule has 0 fully saturated rings. The second kappa shape index (κ2) is 10.5. The van der Waals surface area contributed by atoms with Gasteiger partial charge in [-0.3, -0.25) is 4.79 Å². The SMILES string of the molecule is CC(C)C[C@H](NC(=O)OC(C)(C)C)C(=O)/C=C/C(=O)OCc1ccccc1. The van der Waals surface area contributed by atoms with Crippen molar-refractivity contribution in [1.82, 2.24) is 5.32 Å². The molecule has 0 bridgehead atoms. The van der Waals surface area contributed by atoms with Gasteiger partial charge in [-0.05, 0) is 44.7 Å². The van der Waals surface area contributed by atoms with Gasteiger partial charge in [0.2, 0.25) is 0 Å². The second-order valence-electron chi connectivity index (χ2n) is 7.66. The van der Waals surface area contributed by atoms with Crippen LogP contribution >= 0.6 is 0 Å². The molecule has 0 heterocycles. The number of ketones is 1. The van der Waals surface area contributed by atoms with Gasteiger partial charge < -0.3 is 14.8 Å². The highest BCUT2D eigenvalue weighted by Gasteiger charge is 2.23. The Hall–Kier alpha value is -2.63. The van der Waals surface area contributed by atoms with Gasteiger partial charge in [-0.15, -0.1) is 0 Å². The summed E-state index contributed by atoms with van der Waals surface area (Å²) in [6.45, 7) is 9.24. The Labute approximate surface area is 160 Å². The molecule has 1 aromatic rings. The smallest absolute Gasteiger partial charge is 0.408 e. The molecule has 0 aliphatic heterocycles. The first-order valence-corrected chi connectivity index (χ1v) is 8.99. The zero-order chi connectivity index (χ0) is 20.4. The molecule has 6 heteroatoms. The second-order valence-corrected chi connectivity index (χ2v) is 7.66. The van der Waals surface area contributed by atoms with E-state index in [1.165, 1.54) is 0 Å². The number of nitrogens with one attached hydrogen (secondary N) is 1. The lowest BCUT2D eigenvalue weighted by Crippen LogP contribution is -2.43. The van der Waals surface area contributed by atoms with E-state index in [2.05, 4.69) is 5.32 Å². The summed E-state index contributed by atoms with van der Waals surface area (Å²) in [5, 5.41) is 2.57. The summed E-state index contributed by atoms with van der Waals surface area (Å²) in [5.74, 6) is -0.827. The Bertz CT molecular complexity index is 659. The van der Waals surface area contributed by atoms with Crippen molar-refractivity contribution in [3.05, 3.63) is 48.0 Å². The Morgan fingerprint density at radius 3 is 2.26 bits per heavy atom. The van der Waals surface area contributed by atoms with Crippen molar-refractivity contribution >= 4 is 17.8 Å². The maximum Gasteiger partial charge on any atom is 0.408 e. The number of esters is 1. The highest BCUT2D eigenvalue weighted by Crippen LogP contribution is 2.10. The maximum absolute atomic E-state index is 12.4. The summed E-state index contributed by atoms with van der Waals surface area (Å²) in [6.07, 6.45) is 1.98. The van der Waals surface area contributed by atoms with Crippen molar-refractivity contribution in [3.63, 3.8) is 0 Å². The first kappa shape index (κ1) is 22.4. The molecule has 0 aliphatic carbocycles. The van der Waals surface area contributed by atoms with Crippen LogP contribution in [-0.2, 0) is 25.7 Å². The molecule has 0 aliphatic rings. The van der Waals surface area contributed by atoms with E-state index in [-0.39, 0.29) is 18.3 Å². The molecule has 1 aromatic carbocycles. The van der Waals surface area contributed by atoms with E-state index in [1.54, 1.807) is 20.8 Å². The standard InChI is InChI=1S/C21H29NO5/c1-15(2)13-17(22-20(25)27-21(3,4)5)18(23)11-12-19(24)26-14-16-9-7-6-8-10-16/h6-12,15,17H,13-14H2,1-5H3,(H,22,25)/b12-11+/t17-/m0/s1. The first-order valence-electron chi connectivity index (χ1n) is 8.99. The maximum atomic E-state index is 12.4. The fraction of sp³-hybridized carbons (Fsp3) is 0.476. The number of carbonyl (C=O) groups excluding carboxylic acids is 3. The van der Waals surface area contributed by atoms with Crippen LogP contribution in [-0.4, -0.2) is 29.5 Å². The van der Waals surface area contributed by atoms with Gasteiger partial charge >= 0.3 is 12.1 Å². The lowest BCUT2D eigenvalue weighted by molar-refractivity contribution is -0.139. The normalized spacial score (nSPS) is 12.7. The van der Waals surface area contributed by atoms with Gasteiger partial charge in [0.25, 0.3) is 0 Å². The number of alkyl carbamates (subject to hydrolysis) is 1. The minimum Gasteiger partial charge on any atom is -0.458 e. The molecular formula is C21H29NO5. The molecule has 1 rings (SSSR count). The molecule has 148 valence electrons. The van der Waals surface area contributed by atoms with Crippen LogP contribution in [0.3, 0.4) is 0 Å². The third kappa shape index (κ3) is 10.2. The molecule has 0 aromatic heterocycles. The molecule has 27 heavy (non-hydrogen) atoms. The van der Waals surface area contributed by atoms with E-state index >= 15 is 0 Å². The Balaban J connectivity index is 2.62. The summed E-state index contributed by atoms with van der Waals surface area (Å²) in [4.78, 5) is 36.1. The number of rotatable bonds is 8. The number of hydrogen-bond donors (Lipinski definition) is 1. The third-order valence-corrected chi connectivity index (χ3v) is 3.35. The molecule has 1 N–H and O–H groups in total. The van der Waals surface area contributed by atoms with Crippen LogP contribution in [0.2, 0.25) is 0 Å². The van der Waals surface area contributed by atoms with Gasteiger partial charge in [0.05, 0.1) is 6.04 Å². The van der Waals surface area contributed by atoms with Crippen LogP contribution < -0.4 is 5.32 Å². The minimum atomic E-state index is -0.766. The van der Waals surface area contributed by atoms with Gasteiger partial charge in [0, 0.05) is 6.08 Å². The van der Waals surface area contributed by atoms with Crippen LogP contribution in [0.15, 0.2) is 42.5 Å². The number of benzene rings is 1. The highest BCUT2D eigenvalue weighted by molar-refractivity contribution is 6.00. The fourth-order valence-electron chi connectivity index (χ4n) is 2.21. The molecular weight excluding hydrogens is 346 g/mol. The van der Waals surface area contributed by atoms with Gasteiger partial charge in [-0.1, -0.05) is 44.2 Å². The molecule has 0 saturated heterocycles. The topological polar surface area (TPSA) is 81.7 Å². The highest BCUT2D eigenvalue weighted by atomic mass is 16.6. The number of hydrogen-bond acceptors (Lipinski definition) is 5. The Kier molecular flexibility index (Phi) is 8.72. The Morgan fingerprint density at radius 2 is 1.70 bits per heavy atom. The van der Waals surface area contributed by atoms with Gasteiger partial charge in [0.15, 0.2) is 5.78 Å². The molecule has 0 saturated carbocycles. The van der Waals surface area contributed by atoms with E-state index < -0.39 is 23.7 Å². The van der Waals surface area contributed by atoms with E-state index in [1.807, 2.05) is 44.2 Å². The van der Waals surface area contributed by atoms with E-state index in [4.69, 9.17) is 9.47 Å². The number of ether oxygens (including phenoxy) is 2. The predicted octanol–water partition coefficient (Wildman–Crippen LogP) is 3.79. The van der Waals surface area contributed by atoms with Gasteiger partial charge in [-0.25, -0.2) is 9.59 Å². The van der Waals surface area contributed by atoms with Gasteiger partial charge in [0.1, 0.15) is 12.2 Å². The largest absolute Gasteiger partial charge is 0.458 e. The monoisotopic (exact) mass is 375 g/mol. The number of carbonyl (C=O) groups is 3. The fourth-order valence-corrected chi connectivity index (χ4v) is 2.21. The average Bonchev–Trinajstić information content (AvgIpc) is 2.56. The van der Waals surface area contributed by atoms with Crippen LogP contribution in [0, 0.1) is 5.92 Å². The van der Waals surface area contributed by atoms with E-state index in [0.717, 1.165) is 17.7 Å². The van der Waals surface area contributed by atoms with Crippen molar-refractivity contribution < 1.29 is 23.9 Å². The van der Waals surface area contributed by atoms with Crippen LogP contribution in [0.1, 0.15) is 46.6 Å². The van der Waals surface area contributed by atoms with Crippen molar-refractivity contribution in [2.24, 2.45) is 5.92 Å². The lowest BCUT2D eigenvalue weighted by Gasteiger charge is -2.23. The summed E-state index contributed by atoms with van der Waals surface area (Å²) >= 11 is 0. The van der Waals surface area contributed by atoms with Gasteiger partial charge in [-0.2, -0.15) is 0 Å². The summed E-state index contributed by atoms with van der Waals surface area (Å²) in [5.41, 5.74) is 0.196. The van der Waals surface area contributed by atoms with Crippen molar-refractivity contribution in [2.75, 3.05) is 0 Å². The van der Waals surface area contributed by atoms with Crippen LogP contribution in [0.25, 0.3) is 0 Å². The third-order valence-electron chi connectivity index (χ3n) is 3.35. The lowest BCUT2D eigenvalue weighted by atomic mass is 10.00. The summed E-state index contributed by atoms with van der Waals surface area (Å²) in [7, 11) is 0. The molecule has 1 atom stereocenters. The average molecular weight is 375 g/mol. The Morgan fingerprint density at radius 1 is 1.07 bits per heavy atom. The zero-order valence-electron chi connectivity index (χ0n) is 16.7. The molecule has 1 amide bonds. The van der Waals surface area contributed by atoms with Crippen molar-refractivity contribution in [1.29, 1.82) is 0 Å². The molecule has 0 radical (unpaired) electrons. The van der Waals surface area contributed by atoms with E-state index in [0.29, 0.717) is 6.42 Å². The first-order chi connectivity index (χ1) is 12.6. The zero-order valence-corrected chi connectivity index (χ0v) is 16.7.